The van der Waals surface area contributed by atoms with Crippen LogP contribution in [0.5, 0.6) is 5.75 Å². The van der Waals surface area contributed by atoms with E-state index in [1.54, 1.807) is 0 Å². The number of para-hydroxylation sites is 2. The molecule has 0 bridgehead atoms. The number of thioether (sulfide) groups is 1. The summed E-state index contributed by atoms with van der Waals surface area (Å²) in [6.07, 6.45) is 2.88. The van der Waals surface area contributed by atoms with Crippen molar-refractivity contribution >= 4 is 17.7 Å². The topological polar surface area (TPSA) is 69.0 Å². The normalized spacial score (nSPS) is 16.7. The van der Waals surface area contributed by atoms with Crippen LogP contribution in [0.1, 0.15) is 36.2 Å². The molecule has 1 aliphatic rings. The molecule has 1 aliphatic heterocycles. The van der Waals surface area contributed by atoms with Crippen LogP contribution >= 0.6 is 11.8 Å². The number of carbonyl (C=O) groups excluding carboxylic acids is 1. The molecule has 3 aromatic rings. The van der Waals surface area contributed by atoms with Gasteiger partial charge < -0.3 is 10.1 Å². The Morgan fingerprint density at radius 1 is 1.07 bits per heavy atom. The first-order chi connectivity index (χ1) is 14.6. The minimum absolute atomic E-state index is 0.0773. The molecule has 0 saturated carbocycles. The van der Waals surface area contributed by atoms with E-state index in [-0.39, 0.29) is 11.2 Å². The number of rotatable bonds is 6. The first-order valence-electron chi connectivity index (χ1n) is 10.3. The molecular weight excluding hydrogens is 396 g/mol. The fourth-order valence-electron chi connectivity index (χ4n) is 3.62. The van der Waals surface area contributed by atoms with Crippen LogP contribution < -0.4 is 10.1 Å². The molecule has 156 valence electrons. The average Bonchev–Trinajstić information content (AvgIpc) is 3.03. The lowest BCUT2D eigenvalue weighted by molar-refractivity contribution is -0.120. The Kier molecular flexibility index (Phi) is 6.38. The minimum Gasteiger partial charge on any atom is -0.485 e. The van der Waals surface area contributed by atoms with Gasteiger partial charge in [-0.05, 0) is 49.9 Å². The Balaban J connectivity index is 1.63. The number of aryl methyl sites for hydroxylation is 2. The van der Waals surface area contributed by atoms with Crippen molar-refractivity contribution < 1.29 is 9.53 Å². The molecule has 4 rings (SSSR count). The third-order valence-electron chi connectivity index (χ3n) is 5.20. The Hall–Kier alpha value is -2.80. The molecule has 1 fully saturated rings. The van der Waals surface area contributed by atoms with Crippen LogP contribution in [0, 0.1) is 13.8 Å². The van der Waals surface area contributed by atoms with Gasteiger partial charge in [0.15, 0.2) is 11.0 Å². The van der Waals surface area contributed by atoms with E-state index in [1.165, 1.54) is 11.8 Å². The largest absolute Gasteiger partial charge is 0.485 e. The molecule has 1 amide bonds. The molecule has 2 heterocycles. The van der Waals surface area contributed by atoms with E-state index in [0.717, 1.165) is 48.4 Å². The molecule has 7 heteroatoms. The molecule has 0 unspecified atom stereocenters. The third-order valence-corrected chi connectivity index (χ3v) is 6.41. The van der Waals surface area contributed by atoms with Gasteiger partial charge in [0.05, 0.1) is 5.25 Å². The van der Waals surface area contributed by atoms with Gasteiger partial charge in [0.2, 0.25) is 5.91 Å². The van der Waals surface area contributed by atoms with Gasteiger partial charge >= 0.3 is 0 Å². The molecule has 1 aromatic heterocycles. The van der Waals surface area contributed by atoms with Crippen LogP contribution in [0.4, 0.5) is 0 Å². The number of aromatic nitrogens is 3. The van der Waals surface area contributed by atoms with E-state index in [0.29, 0.717) is 17.6 Å². The zero-order chi connectivity index (χ0) is 20.9. The van der Waals surface area contributed by atoms with Crippen molar-refractivity contribution in [1.29, 1.82) is 0 Å². The maximum Gasteiger partial charge on any atom is 0.233 e. The van der Waals surface area contributed by atoms with Crippen LogP contribution in [0.15, 0.2) is 53.7 Å². The number of nitrogens with zero attached hydrogens (tertiary/aromatic N) is 3. The number of carbonyl (C=O) groups is 1. The van der Waals surface area contributed by atoms with Gasteiger partial charge in [-0.2, -0.15) is 0 Å². The summed E-state index contributed by atoms with van der Waals surface area (Å²) in [5.41, 5.74) is 3.13. The molecule has 2 aromatic carbocycles. The predicted molar refractivity (Wildman–Crippen MR) is 118 cm³/mol. The third kappa shape index (κ3) is 4.51. The number of nitrogens with one attached hydrogen (secondary N) is 1. The van der Waals surface area contributed by atoms with Crippen molar-refractivity contribution in [2.45, 2.75) is 50.1 Å². The van der Waals surface area contributed by atoms with E-state index >= 15 is 0 Å². The summed E-state index contributed by atoms with van der Waals surface area (Å²) in [6.45, 7) is 5.12. The highest BCUT2D eigenvalue weighted by Gasteiger charge is 2.26. The summed E-state index contributed by atoms with van der Waals surface area (Å²) < 4.78 is 8.14. The number of amides is 1. The molecule has 0 radical (unpaired) electrons. The second-order valence-corrected chi connectivity index (χ2v) is 8.64. The van der Waals surface area contributed by atoms with E-state index in [9.17, 15) is 4.79 Å². The van der Waals surface area contributed by atoms with Crippen LogP contribution in [0.2, 0.25) is 0 Å². The standard InChI is InChI=1S/C23H26N4O2S/c1-16-9-8-10-17(2)21(16)29-15-20-25-26-23(27(20)18-11-4-3-5-12-18)30-19-13-6-7-14-24-22(19)28/h3-5,8-12,19H,6-7,13-15H2,1-2H3,(H,24,28)/t19-/m1/s1. The summed E-state index contributed by atoms with van der Waals surface area (Å²) in [4.78, 5) is 12.4. The Morgan fingerprint density at radius 3 is 2.60 bits per heavy atom. The molecule has 6 nitrogen and oxygen atoms in total. The summed E-state index contributed by atoms with van der Waals surface area (Å²) in [5, 5.41) is 12.4. The Morgan fingerprint density at radius 2 is 1.83 bits per heavy atom. The van der Waals surface area contributed by atoms with Crippen molar-refractivity contribution in [2.75, 3.05) is 6.54 Å². The van der Waals surface area contributed by atoms with Crippen LogP contribution in [-0.4, -0.2) is 32.5 Å². The highest BCUT2D eigenvalue weighted by atomic mass is 32.2. The number of hydrogen-bond donors (Lipinski definition) is 1. The fourth-order valence-corrected chi connectivity index (χ4v) is 4.75. The number of hydrogen-bond acceptors (Lipinski definition) is 5. The van der Waals surface area contributed by atoms with E-state index in [1.807, 2.05) is 66.9 Å². The van der Waals surface area contributed by atoms with Crippen LogP contribution in [0.25, 0.3) is 5.69 Å². The summed E-state index contributed by atoms with van der Waals surface area (Å²) >= 11 is 1.48. The van der Waals surface area contributed by atoms with Crippen molar-refractivity contribution in [3.8, 4) is 11.4 Å². The summed E-state index contributed by atoms with van der Waals surface area (Å²) in [6, 6.07) is 16.1. The Bertz CT molecular complexity index is 999. The molecule has 1 saturated heterocycles. The average molecular weight is 423 g/mol. The van der Waals surface area contributed by atoms with Gasteiger partial charge in [-0.1, -0.05) is 54.6 Å². The van der Waals surface area contributed by atoms with Crippen LogP contribution in [-0.2, 0) is 11.4 Å². The Labute approximate surface area is 181 Å². The summed E-state index contributed by atoms with van der Waals surface area (Å²) in [5.74, 6) is 1.66. The van der Waals surface area contributed by atoms with Gasteiger partial charge in [-0.3, -0.25) is 9.36 Å². The van der Waals surface area contributed by atoms with Crippen molar-refractivity contribution in [2.24, 2.45) is 0 Å². The lowest BCUT2D eigenvalue weighted by Crippen LogP contribution is -2.30. The highest BCUT2D eigenvalue weighted by Crippen LogP contribution is 2.30. The van der Waals surface area contributed by atoms with E-state index < -0.39 is 0 Å². The highest BCUT2D eigenvalue weighted by molar-refractivity contribution is 8.00. The zero-order valence-corrected chi connectivity index (χ0v) is 18.1. The fraction of sp³-hybridized carbons (Fsp3) is 0.348. The lowest BCUT2D eigenvalue weighted by atomic mass is 10.1. The molecule has 0 aliphatic carbocycles. The SMILES string of the molecule is Cc1cccc(C)c1OCc1nnc(S[C@@H]2CCCCNC2=O)n1-c1ccccc1. The smallest absolute Gasteiger partial charge is 0.233 e. The quantitative estimate of drug-likeness (QED) is 0.644. The van der Waals surface area contributed by atoms with Crippen molar-refractivity contribution in [3.63, 3.8) is 0 Å². The van der Waals surface area contributed by atoms with Gasteiger partial charge in [0.1, 0.15) is 12.4 Å². The monoisotopic (exact) mass is 422 g/mol. The number of benzene rings is 2. The molecule has 1 atom stereocenters. The summed E-state index contributed by atoms with van der Waals surface area (Å²) in [7, 11) is 0. The van der Waals surface area contributed by atoms with Gasteiger partial charge in [0.25, 0.3) is 0 Å². The molecule has 0 spiro atoms. The first kappa shape index (κ1) is 20.5. The lowest BCUT2D eigenvalue weighted by Gasteiger charge is -2.15. The van der Waals surface area contributed by atoms with E-state index in [2.05, 4.69) is 15.5 Å². The van der Waals surface area contributed by atoms with Crippen LogP contribution in [0.3, 0.4) is 0 Å². The minimum atomic E-state index is -0.161. The zero-order valence-electron chi connectivity index (χ0n) is 17.3. The van der Waals surface area contributed by atoms with Crippen molar-refractivity contribution in [3.05, 3.63) is 65.5 Å². The maximum absolute atomic E-state index is 12.4. The van der Waals surface area contributed by atoms with Crippen molar-refractivity contribution in [1.82, 2.24) is 20.1 Å². The first-order valence-corrected chi connectivity index (χ1v) is 11.1. The second kappa shape index (κ2) is 9.34. The van der Waals surface area contributed by atoms with E-state index in [4.69, 9.17) is 4.74 Å². The second-order valence-electron chi connectivity index (χ2n) is 7.47. The van der Waals surface area contributed by atoms with Gasteiger partial charge in [-0.25, -0.2) is 0 Å². The molecule has 30 heavy (non-hydrogen) atoms. The maximum atomic E-state index is 12.4. The molecule has 1 N–H and O–H groups in total. The predicted octanol–water partition coefficient (Wildman–Crippen LogP) is 4.22. The van der Waals surface area contributed by atoms with Gasteiger partial charge in [-0.15, -0.1) is 10.2 Å². The van der Waals surface area contributed by atoms with Gasteiger partial charge in [0, 0.05) is 12.2 Å². The molecular formula is C23H26N4O2S. The number of ether oxygens (including phenoxy) is 1.